The minimum Gasteiger partial charge on any atom is -0.0925 e. The van der Waals surface area contributed by atoms with Crippen molar-refractivity contribution in [1.82, 2.24) is 0 Å². The van der Waals surface area contributed by atoms with Gasteiger partial charge in [0.2, 0.25) is 0 Å². The topological polar surface area (TPSA) is 0 Å². The van der Waals surface area contributed by atoms with Gasteiger partial charge < -0.3 is 0 Å². The van der Waals surface area contributed by atoms with Crippen LogP contribution in [-0.4, -0.2) is 5.33 Å². The molecule has 0 radical (unpaired) electrons. The van der Waals surface area contributed by atoms with Gasteiger partial charge >= 0.3 is 0 Å². The Kier molecular flexibility index (Phi) is 5.00. The fraction of sp³-hybridized carbons (Fsp3) is 1.00. The summed E-state index contributed by atoms with van der Waals surface area (Å²) >= 11 is 3.66. The molecule has 0 aliphatic heterocycles. The molecule has 1 heteroatoms. The van der Waals surface area contributed by atoms with Crippen LogP contribution >= 0.6 is 15.9 Å². The van der Waals surface area contributed by atoms with Crippen LogP contribution in [0.1, 0.15) is 64.2 Å². The van der Waals surface area contributed by atoms with Gasteiger partial charge in [-0.3, -0.25) is 0 Å². The summed E-state index contributed by atoms with van der Waals surface area (Å²) < 4.78 is 0. The second kappa shape index (κ2) is 6.27. The fourth-order valence-corrected chi connectivity index (χ4v) is 4.23. The molecule has 15 heavy (non-hydrogen) atoms. The van der Waals surface area contributed by atoms with Crippen LogP contribution in [0, 0.1) is 17.8 Å². The van der Waals surface area contributed by atoms with Gasteiger partial charge in [-0.2, -0.15) is 0 Å². The molecule has 0 bridgehead atoms. The van der Waals surface area contributed by atoms with E-state index in [9.17, 15) is 0 Å². The second-order valence-electron chi connectivity index (χ2n) is 5.70. The molecule has 88 valence electrons. The summed E-state index contributed by atoms with van der Waals surface area (Å²) in [5.41, 5.74) is 0. The molecule has 0 aromatic carbocycles. The largest absolute Gasteiger partial charge is 0.0925 e. The molecule has 2 aliphatic rings. The van der Waals surface area contributed by atoms with E-state index in [4.69, 9.17) is 0 Å². The first kappa shape index (κ1) is 12.0. The summed E-state index contributed by atoms with van der Waals surface area (Å²) in [4.78, 5) is 0. The van der Waals surface area contributed by atoms with Crippen LogP contribution in [0.5, 0.6) is 0 Å². The van der Waals surface area contributed by atoms with E-state index in [2.05, 4.69) is 15.9 Å². The second-order valence-corrected chi connectivity index (χ2v) is 6.35. The highest BCUT2D eigenvalue weighted by molar-refractivity contribution is 9.09. The van der Waals surface area contributed by atoms with E-state index >= 15 is 0 Å². The van der Waals surface area contributed by atoms with Gasteiger partial charge in [0, 0.05) is 5.33 Å². The lowest BCUT2D eigenvalue weighted by Crippen LogP contribution is -2.14. The maximum absolute atomic E-state index is 3.66. The molecule has 0 amide bonds. The van der Waals surface area contributed by atoms with Gasteiger partial charge in [-0.1, -0.05) is 60.9 Å². The highest BCUT2D eigenvalue weighted by Crippen LogP contribution is 2.41. The normalized spacial score (nSPS) is 35.0. The SMILES string of the molecule is BrCC1CCC(C2CCCCCCC2)C1. The molecule has 0 spiro atoms. The van der Waals surface area contributed by atoms with Crippen molar-refractivity contribution in [1.29, 1.82) is 0 Å². The van der Waals surface area contributed by atoms with Crippen molar-refractivity contribution in [3.05, 3.63) is 0 Å². The Hall–Kier alpha value is 0.480. The van der Waals surface area contributed by atoms with E-state index in [1.807, 2.05) is 0 Å². The zero-order valence-electron chi connectivity index (χ0n) is 9.89. The van der Waals surface area contributed by atoms with Crippen molar-refractivity contribution < 1.29 is 0 Å². The highest BCUT2D eigenvalue weighted by atomic mass is 79.9. The molecule has 2 aliphatic carbocycles. The minimum atomic E-state index is 1.00. The predicted molar refractivity (Wildman–Crippen MR) is 70.4 cm³/mol. The summed E-state index contributed by atoms with van der Waals surface area (Å²) in [6.07, 6.45) is 15.2. The summed E-state index contributed by atoms with van der Waals surface area (Å²) in [5.74, 6) is 3.18. The lowest BCUT2D eigenvalue weighted by atomic mass is 9.81. The van der Waals surface area contributed by atoms with Crippen LogP contribution in [0.25, 0.3) is 0 Å². The summed E-state index contributed by atoms with van der Waals surface area (Å²) in [7, 11) is 0. The lowest BCUT2D eigenvalue weighted by Gasteiger charge is -2.25. The molecular weight excluding hydrogens is 248 g/mol. The Morgan fingerprint density at radius 3 is 2.00 bits per heavy atom. The van der Waals surface area contributed by atoms with Crippen molar-refractivity contribution in [2.45, 2.75) is 64.2 Å². The van der Waals surface area contributed by atoms with Gasteiger partial charge in [0.1, 0.15) is 0 Å². The third-order valence-corrected chi connectivity index (χ3v) is 5.53. The van der Waals surface area contributed by atoms with Crippen LogP contribution in [-0.2, 0) is 0 Å². The number of alkyl halides is 1. The van der Waals surface area contributed by atoms with Crippen LogP contribution in [0.2, 0.25) is 0 Å². The quantitative estimate of drug-likeness (QED) is 0.610. The van der Waals surface area contributed by atoms with E-state index in [1.165, 1.54) is 56.7 Å². The third-order valence-electron chi connectivity index (χ3n) is 4.62. The summed E-state index contributed by atoms with van der Waals surface area (Å²) in [6, 6.07) is 0. The Balaban J connectivity index is 1.80. The van der Waals surface area contributed by atoms with Crippen molar-refractivity contribution in [2.75, 3.05) is 5.33 Å². The number of hydrogen-bond acceptors (Lipinski definition) is 0. The molecule has 0 heterocycles. The zero-order chi connectivity index (χ0) is 10.5. The number of hydrogen-bond donors (Lipinski definition) is 0. The standard InChI is InChI=1S/C14H25Br/c15-11-12-8-9-14(10-12)13-6-4-2-1-3-5-7-13/h12-14H,1-11H2. The van der Waals surface area contributed by atoms with E-state index in [1.54, 1.807) is 12.8 Å². The first-order valence-corrected chi connectivity index (χ1v) is 8.08. The minimum absolute atomic E-state index is 1.00. The molecule has 2 atom stereocenters. The number of rotatable bonds is 2. The van der Waals surface area contributed by atoms with Gasteiger partial charge in [-0.15, -0.1) is 0 Å². The average molecular weight is 273 g/mol. The summed E-state index contributed by atoms with van der Waals surface area (Å²) in [5, 5.41) is 1.25. The Labute approximate surface area is 103 Å². The lowest BCUT2D eigenvalue weighted by molar-refractivity contribution is 0.264. The van der Waals surface area contributed by atoms with Crippen molar-refractivity contribution in [2.24, 2.45) is 17.8 Å². The molecule has 0 aromatic heterocycles. The van der Waals surface area contributed by atoms with E-state index < -0.39 is 0 Å². The molecule has 2 fully saturated rings. The zero-order valence-corrected chi connectivity index (χ0v) is 11.5. The molecule has 0 N–H and O–H groups in total. The van der Waals surface area contributed by atoms with Crippen molar-refractivity contribution in [3.63, 3.8) is 0 Å². The first-order valence-electron chi connectivity index (χ1n) is 6.96. The molecule has 2 unspecified atom stereocenters. The van der Waals surface area contributed by atoms with E-state index in [0.717, 1.165) is 17.8 Å². The molecule has 2 rings (SSSR count). The maximum Gasteiger partial charge on any atom is 0.00597 e. The molecule has 2 saturated carbocycles. The predicted octanol–water partition coefficient (Wildman–Crippen LogP) is 5.16. The van der Waals surface area contributed by atoms with E-state index in [0.29, 0.717) is 0 Å². The third kappa shape index (κ3) is 3.47. The monoisotopic (exact) mass is 272 g/mol. The Morgan fingerprint density at radius 2 is 1.40 bits per heavy atom. The Morgan fingerprint density at radius 1 is 0.733 bits per heavy atom. The molecule has 0 nitrogen and oxygen atoms in total. The van der Waals surface area contributed by atoms with Gasteiger partial charge in [0.25, 0.3) is 0 Å². The van der Waals surface area contributed by atoms with Crippen molar-refractivity contribution in [3.8, 4) is 0 Å². The van der Waals surface area contributed by atoms with Gasteiger partial charge in [0.05, 0.1) is 0 Å². The molecule has 0 aromatic rings. The first-order chi connectivity index (χ1) is 7.40. The van der Waals surface area contributed by atoms with Gasteiger partial charge in [-0.05, 0) is 37.0 Å². The number of halogens is 1. The molecular formula is C14H25Br. The van der Waals surface area contributed by atoms with Crippen LogP contribution in [0.3, 0.4) is 0 Å². The van der Waals surface area contributed by atoms with Crippen molar-refractivity contribution >= 4 is 15.9 Å². The van der Waals surface area contributed by atoms with Crippen LogP contribution in [0.15, 0.2) is 0 Å². The molecule has 0 saturated heterocycles. The fourth-order valence-electron chi connectivity index (χ4n) is 3.64. The summed E-state index contributed by atoms with van der Waals surface area (Å²) in [6.45, 7) is 0. The average Bonchev–Trinajstić information content (AvgIpc) is 2.65. The highest BCUT2D eigenvalue weighted by Gasteiger charge is 2.29. The van der Waals surface area contributed by atoms with E-state index in [-0.39, 0.29) is 0 Å². The smallest absolute Gasteiger partial charge is 0.00597 e. The Bertz CT molecular complexity index is 170. The van der Waals surface area contributed by atoms with Crippen LogP contribution < -0.4 is 0 Å². The van der Waals surface area contributed by atoms with Gasteiger partial charge in [-0.25, -0.2) is 0 Å². The maximum atomic E-state index is 3.66. The van der Waals surface area contributed by atoms with Crippen LogP contribution in [0.4, 0.5) is 0 Å². The van der Waals surface area contributed by atoms with Gasteiger partial charge in [0.15, 0.2) is 0 Å².